The molecule has 0 radical (unpaired) electrons. The van der Waals surface area contributed by atoms with Gasteiger partial charge in [-0.3, -0.25) is 9.59 Å². The number of piperidine rings is 1. The van der Waals surface area contributed by atoms with Crippen LogP contribution in [0.1, 0.15) is 12.8 Å². The van der Waals surface area contributed by atoms with E-state index < -0.39 is 27.3 Å². The first-order chi connectivity index (χ1) is 9.38. The molecule has 1 aliphatic heterocycles. The third-order valence-corrected chi connectivity index (χ3v) is 4.74. The topological polar surface area (TPSA) is 71.5 Å². The number of carbonyl (C=O) groups excluding carboxylic acids is 2. The molecule has 0 spiro atoms. The molecule has 1 aliphatic rings. The standard InChI is InChI=1S/C13H14FNO4S/c14-10-2-1-3-12(8-10)20(18,19)9-13(17)15-6-4-11(16)5-7-15/h1-3,8H,4-7,9H2. The summed E-state index contributed by atoms with van der Waals surface area (Å²) in [6.07, 6.45) is 0.511. The van der Waals surface area contributed by atoms with E-state index in [9.17, 15) is 22.4 Å². The van der Waals surface area contributed by atoms with Gasteiger partial charge in [-0.15, -0.1) is 0 Å². The van der Waals surface area contributed by atoms with Crippen LogP contribution in [0.3, 0.4) is 0 Å². The molecule has 1 heterocycles. The molecular weight excluding hydrogens is 285 g/mol. The first kappa shape index (κ1) is 14.6. The van der Waals surface area contributed by atoms with Crippen LogP contribution in [0.15, 0.2) is 29.2 Å². The van der Waals surface area contributed by atoms with E-state index in [0.29, 0.717) is 0 Å². The molecule has 0 unspecified atom stereocenters. The molecule has 7 heteroatoms. The minimum atomic E-state index is -3.86. The van der Waals surface area contributed by atoms with Gasteiger partial charge in [0.15, 0.2) is 9.84 Å². The lowest BCUT2D eigenvalue weighted by Gasteiger charge is -2.25. The van der Waals surface area contributed by atoms with E-state index in [2.05, 4.69) is 0 Å². The molecule has 0 N–H and O–H groups in total. The molecule has 0 aromatic heterocycles. The Bertz CT molecular complexity index is 632. The van der Waals surface area contributed by atoms with Gasteiger partial charge in [0.1, 0.15) is 17.4 Å². The Morgan fingerprint density at radius 2 is 1.90 bits per heavy atom. The van der Waals surface area contributed by atoms with Crippen molar-refractivity contribution in [2.24, 2.45) is 0 Å². The van der Waals surface area contributed by atoms with E-state index in [1.807, 2.05) is 0 Å². The fraction of sp³-hybridized carbons (Fsp3) is 0.385. The van der Waals surface area contributed by atoms with Crippen LogP contribution in [0.4, 0.5) is 4.39 Å². The number of carbonyl (C=O) groups is 2. The summed E-state index contributed by atoms with van der Waals surface area (Å²) in [5, 5.41) is 0. The fourth-order valence-electron chi connectivity index (χ4n) is 2.00. The number of halogens is 1. The van der Waals surface area contributed by atoms with E-state index in [4.69, 9.17) is 0 Å². The number of Topliss-reactive ketones (excluding diaryl/α,β-unsaturated/α-hetero) is 1. The van der Waals surface area contributed by atoms with Crippen molar-refractivity contribution < 1.29 is 22.4 Å². The second-order valence-electron chi connectivity index (χ2n) is 4.64. The van der Waals surface area contributed by atoms with Crippen LogP contribution in [0.2, 0.25) is 0 Å². The highest BCUT2D eigenvalue weighted by molar-refractivity contribution is 7.92. The maximum absolute atomic E-state index is 13.0. The molecular formula is C13H14FNO4S. The first-order valence-corrected chi connectivity index (χ1v) is 7.81. The second kappa shape index (κ2) is 5.70. The lowest BCUT2D eigenvalue weighted by molar-refractivity contribution is -0.132. The molecule has 2 rings (SSSR count). The predicted molar refractivity (Wildman–Crippen MR) is 69.3 cm³/mol. The third-order valence-electron chi connectivity index (χ3n) is 3.14. The van der Waals surface area contributed by atoms with Crippen LogP contribution in [0.5, 0.6) is 0 Å². The number of amides is 1. The predicted octanol–water partition coefficient (Wildman–Crippen LogP) is 0.791. The van der Waals surface area contributed by atoms with Crippen LogP contribution in [-0.4, -0.2) is 43.9 Å². The van der Waals surface area contributed by atoms with Gasteiger partial charge in [-0.05, 0) is 18.2 Å². The first-order valence-electron chi connectivity index (χ1n) is 6.16. The van der Waals surface area contributed by atoms with E-state index in [-0.39, 0.29) is 36.6 Å². The molecule has 108 valence electrons. The van der Waals surface area contributed by atoms with Gasteiger partial charge >= 0.3 is 0 Å². The molecule has 20 heavy (non-hydrogen) atoms. The SMILES string of the molecule is O=C1CCN(C(=O)CS(=O)(=O)c2cccc(F)c2)CC1. The summed E-state index contributed by atoms with van der Waals surface area (Å²) >= 11 is 0. The third kappa shape index (κ3) is 3.41. The Morgan fingerprint density at radius 3 is 2.50 bits per heavy atom. The molecule has 1 saturated heterocycles. The summed E-state index contributed by atoms with van der Waals surface area (Å²) in [4.78, 5) is 24.1. The molecule has 0 aliphatic carbocycles. The Hall–Kier alpha value is -1.76. The molecule has 1 fully saturated rings. The van der Waals surface area contributed by atoms with Crippen LogP contribution in [0.25, 0.3) is 0 Å². The zero-order chi connectivity index (χ0) is 14.8. The van der Waals surface area contributed by atoms with Gasteiger partial charge in [-0.1, -0.05) is 6.07 Å². The highest BCUT2D eigenvalue weighted by Crippen LogP contribution is 2.14. The van der Waals surface area contributed by atoms with Crippen molar-refractivity contribution >= 4 is 21.5 Å². The van der Waals surface area contributed by atoms with Gasteiger partial charge in [0.2, 0.25) is 5.91 Å². The lowest BCUT2D eigenvalue weighted by Crippen LogP contribution is -2.41. The van der Waals surface area contributed by atoms with Gasteiger partial charge in [0.25, 0.3) is 0 Å². The van der Waals surface area contributed by atoms with Crippen LogP contribution >= 0.6 is 0 Å². The summed E-state index contributed by atoms with van der Waals surface area (Å²) in [7, 11) is -3.86. The largest absolute Gasteiger partial charge is 0.341 e. The highest BCUT2D eigenvalue weighted by atomic mass is 32.2. The highest BCUT2D eigenvalue weighted by Gasteiger charge is 2.26. The lowest BCUT2D eigenvalue weighted by atomic mass is 10.1. The number of hydrogen-bond acceptors (Lipinski definition) is 4. The number of sulfone groups is 1. The van der Waals surface area contributed by atoms with Crippen molar-refractivity contribution in [3.8, 4) is 0 Å². The van der Waals surface area contributed by atoms with Crippen molar-refractivity contribution in [3.63, 3.8) is 0 Å². The summed E-state index contributed by atoms with van der Waals surface area (Å²) in [5.41, 5.74) is 0. The zero-order valence-corrected chi connectivity index (χ0v) is 11.5. The van der Waals surface area contributed by atoms with Crippen molar-refractivity contribution in [2.45, 2.75) is 17.7 Å². The second-order valence-corrected chi connectivity index (χ2v) is 6.63. The number of nitrogens with zero attached hydrogens (tertiary/aromatic N) is 1. The summed E-state index contributed by atoms with van der Waals surface area (Å²) < 4.78 is 37.1. The van der Waals surface area contributed by atoms with E-state index in [1.54, 1.807) is 0 Å². The molecule has 1 aromatic carbocycles. The Labute approximate surface area is 116 Å². The minimum Gasteiger partial charge on any atom is -0.341 e. The molecule has 1 aromatic rings. The van der Waals surface area contributed by atoms with Gasteiger partial charge in [0.05, 0.1) is 4.90 Å². The van der Waals surface area contributed by atoms with E-state index >= 15 is 0 Å². The maximum atomic E-state index is 13.0. The van der Waals surface area contributed by atoms with Crippen molar-refractivity contribution in [1.82, 2.24) is 4.90 Å². The zero-order valence-electron chi connectivity index (χ0n) is 10.7. The molecule has 0 atom stereocenters. The Balaban J connectivity index is 2.08. The number of rotatable bonds is 3. The van der Waals surface area contributed by atoms with Crippen LogP contribution in [0, 0.1) is 5.82 Å². The average Bonchev–Trinajstić information content (AvgIpc) is 2.39. The van der Waals surface area contributed by atoms with E-state index in [0.717, 1.165) is 12.1 Å². The van der Waals surface area contributed by atoms with Crippen molar-refractivity contribution in [1.29, 1.82) is 0 Å². The van der Waals surface area contributed by atoms with Crippen molar-refractivity contribution in [2.75, 3.05) is 18.8 Å². The fourth-order valence-corrected chi connectivity index (χ4v) is 3.26. The number of hydrogen-bond donors (Lipinski definition) is 0. The summed E-state index contributed by atoms with van der Waals surface area (Å²) in [5.74, 6) is -1.85. The van der Waals surface area contributed by atoms with Gasteiger partial charge in [-0.2, -0.15) is 0 Å². The van der Waals surface area contributed by atoms with Crippen molar-refractivity contribution in [3.05, 3.63) is 30.1 Å². The monoisotopic (exact) mass is 299 g/mol. The smallest absolute Gasteiger partial charge is 0.238 e. The molecule has 0 bridgehead atoms. The van der Waals surface area contributed by atoms with Gasteiger partial charge < -0.3 is 4.90 Å². The summed E-state index contributed by atoms with van der Waals surface area (Å²) in [6.45, 7) is 0.493. The molecule has 5 nitrogen and oxygen atoms in total. The number of ketones is 1. The Morgan fingerprint density at radius 1 is 1.25 bits per heavy atom. The number of benzene rings is 1. The normalized spacial score (nSPS) is 16.2. The molecule has 0 saturated carbocycles. The van der Waals surface area contributed by atoms with E-state index in [1.165, 1.54) is 17.0 Å². The number of likely N-dealkylation sites (tertiary alicyclic amines) is 1. The minimum absolute atomic E-state index is 0.0713. The maximum Gasteiger partial charge on any atom is 0.238 e. The Kier molecular flexibility index (Phi) is 4.17. The summed E-state index contributed by atoms with van der Waals surface area (Å²) in [6, 6.07) is 4.57. The quantitative estimate of drug-likeness (QED) is 0.827. The average molecular weight is 299 g/mol. The van der Waals surface area contributed by atoms with Gasteiger partial charge in [0, 0.05) is 25.9 Å². The van der Waals surface area contributed by atoms with Crippen LogP contribution in [-0.2, 0) is 19.4 Å². The van der Waals surface area contributed by atoms with Crippen LogP contribution < -0.4 is 0 Å². The van der Waals surface area contributed by atoms with Gasteiger partial charge in [-0.25, -0.2) is 12.8 Å². The molecule has 1 amide bonds.